The number of hydrogen-bond donors (Lipinski definition) is 1. The maximum Gasteiger partial charge on any atom is 0.227 e. The third-order valence-corrected chi connectivity index (χ3v) is 2.19. The fourth-order valence-corrected chi connectivity index (χ4v) is 0.857. The van der Waals surface area contributed by atoms with Crippen molar-refractivity contribution in [2.75, 3.05) is 13.7 Å². The van der Waals surface area contributed by atoms with Gasteiger partial charge in [0.1, 0.15) is 12.5 Å². The number of ketones is 1. The van der Waals surface area contributed by atoms with E-state index in [1.807, 2.05) is 0 Å². The predicted octanol–water partition coefficient (Wildman–Crippen LogP) is 1.35. The van der Waals surface area contributed by atoms with Crippen LogP contribution in [0.5, 0.6) is 0 Å². The van der Waals surface area contributed by atoms with Crippen molar-refractivity contribution in [2.45, 2.75) is 63.3 Å². The van der Waals surface area contributed by atoms with Crippen LogP contribution in [0.1, 0.15) is 63.3 Å². The molecule has 0 saturated heterocycles. The number of carbonyl (C=O) groups is 6. The maximum atomic E-state index is 10.8. The minimum atomic E-state index is -0.378. The third kappa shape index (κ3) is 26.3. The molecule has 0 aliphatic heterocycles. The molecule has 0 fully saturated rings. The van der Waals surface area contributed by atoms with Crippen molar-refractivity contribution in [3.8, 4) is 0 Å². The lowest BCUT2D eigenvalue weighted by molar-refractivity contribution is -0.143. The highest BCUT2D eigenvalue weighted by atomic mass is 16.2. The first-order chi connectivity index (χ1) is 10.7. The third-order valence-electron chi connectivity index (χ3n) is 2.19. The number of carbonyl (C=O) groups excluding carboxylic acids is 6. The molecule has 9 nitrogen and oxygen atoms in total. The van der Waals surface area contributed by atoms with Crippen molar-refractivity contribution >= 4 is 35.3 Å². The number of nitrogens with zero attached hydrogens (tertiary/aromatic N) is 2. The minimum absolute atomic E-state index is 0. The van der Waals surface area contributed by atoms with E-state index in [1.165, 1.54) is 55.5 Å². The summed E-state index contributed by atoms with van der Waals surface area (Å²) >= 11 is 0. The molecular formula is C17H35N3O6. The molecule has 0 rings (SSSR count). The van der Waals surface area contributed by atoms with E-state index in [4.69, 9.17) is 0 Å². The van der Waals surface area contributed by atoms with Crippen molar-refractivity contribution in [1.29, 1.82) is 0 Å². The topological polar surface area (TPSA) is 121 Å². The van der Waals surface area contributed by atoms with E-state index in [9.17, 15) is 28.8 Å². The predicted molar refractivity (Wildman–Crippen MR) is 101 cm³/mol. The Morgan fingerprint density at radius 3 is 1.04 bits per heavy atom. The smallest absolute Gasteiger partial charge is 0.227 e. The summed E-state index contributed by atoms with van der Waals surface area (Å²) < 4.78 is 0. The molecule has 5 amide bonds. The van der Waals surface area contributed by atoms with E-state index in [2.05, 4.69) is 5.32 Å². The van der Waals surface area contributed by atoms with E-state index >= 15 is 0 Å². The summed E-state index contributed by atoms with van der Waals surface area (Å²) in [5.41, 5.74) is 0. The van der Waals surface area contributed by atoms with Gasteiger partial charge < -0.3 is 10.1 Å². The number of nitrogens with one attached hydrogen (secondary N) is 1. The molecule has 0 saturated carbocycles. The number of imide groups is 2. The Bertz CT molecular complexity index is 457. The molecule has 0 aromatic carbocycles. The Kier molecular flexibility index (Phi) is 25.0. The zero-order chi connectivity index (χ0) is 20.0. The first-order valence-corrected chi connectivity index (χ1v) is 6.99. The molecule has 0 aromatic heterocycles. The molecule has 154 valence electrons. The lowest BCUT2D eigenvalue weighted by Gasteiger charge is -2.16. The van der Waals surface area contributed by atoms with Gasteiger partial charge >= 0.3 is 0 Å². The first-order valence-electron chi connectivity index (χ1n) is 6.99. The Labute approximate surface area is 157 Å². The number of Topliss-reactive ketones (excluding diaryl/α,β-unsaturated/α-hetero) is 1. The molecule has 0 aliphatic carbocycles. The van der Waals surface area contributed by atoms with Crippen LogP contribution in [0.25, 0.3) is 0 Å². The SMILES string of the molecule is C.C.CC(=O)N(C)C(C)=O.CC(=O)NCN(C(C)=O)C(C)=O.CC(C)=O. The van der Waals surface area contributed by atoms with Crippen LogP contribution >= 0.6 is 0 Å². The van der Waals surface area contributed by atoms with Crippen LogP contribution in [-0.2, 0) is 28.8 Å². The molecular weight excluding hydrogens is 342 g/mol. The summed E-state index contributed by atoms with van der Waals surface area (Å²) in [5, 5.41) is 2.35. The van der Waals surface area contributed by atoms with E-state index in [0.717, 1.165) is 9.80 Å². The lowest BCUT2D eigenvalue weighted by Crippen LogP contribution is -2.42. The average molecular weight is 377 g/mol. The number of amides is 5. The van der Waals surface area contributed by atoms with E-state index in [-0.39, 0.29) is 56.8 Å². The van der Waals surface area contributed by atoms with Crippen molar-refractivity contribution in [2.24, 2.45) is 0 Å². The lowest BCUT2D eigenvalue weighted by atomic mass is 10.5. The van der Waals surface area contributed by atoms with Crippen LogP contribution < -0.4 is 5.32 Å². The average Bonchev–Trinajstić information content (AvgIpc) is 2.36. The van der Waals surface area contributed by atoms with Crippen LogP contribution in [0.2, 0.25) is 0 Å². The highest BCUT2D eigenvalue weighted by Crippen LogP contribution is 1.87. The van der Waals surface area contributed by atoms with Crippen molar-refractivity contribution in [1.82, 2.24) is 15.1 Å². The molecule has 0 spiro atoms. The van der Waals surface area contributed by atoms with Crippen molar-refractivity contribution in [3.05, 3.63) is 0 Å². The van der Waals surface area contributed by atoms with Crippen LogP contribution in [0.3, 0.4) is 0 Å². The van der Waals surface area contributed by atoms with Crippen molar-refractivity contribution < 1.29 is 28.8 Å². The van der Waals surface area contributed by atoms with Gasteiger partial charge in [0.05, 0.1) is 0 Å². The van der Waals surface area contributed by atoms with Crippen LogP contribution in [0.15, 0.2) is 0 Å². The van der Waals surface area contributed by atoms with E-state index in [0.29, 0.717) is 0 Å². The summed E-state index contributed by atoms with van der Waals surface area (Å²) in [7, 11) is 1.45. The molecule has 0 heterocycles. The summed E-state index contributed by atoms with van der Waals surface area (Å²) in [6.07, 6.45) is 0. The van der Waals surface area contributed by atoms with Gasteiger partial charge in [0.25, 0.3) is 0 Å². The quantitative estimate of drug-likeness (QED) is 0.725. The molecule has 0 radical (unpaired) electrons. The van der Waals surface area contributed by atoms with Crippen molar-refractivity contribution in [3.63, 3.8) is 0 Å². The summed E-state index contributed by atoms with van der Waals surface area (Å²) in [4.78, 5) is 64.0. The van der Waals surface area contributed by atoms with E-state index in [1.54, 1.807) is 0 Å². The highest BCUT2D eigenvalue weighted by molar-refractivity contribution is 5.93. The Hall–Kier alpha value is -2.58. The van der Waals surface area contributed by atoms with Gasteiger partial charge in [-0.1, -0.05) is 14.9 Å². The Balaban J connectivity index is -0.0000000918. The largest absolute Gasteiger partial charge is 0.338 e. The second-order valence-corrected chi connectivity index (χ2v) is 4.86. The number of rotatable bonds is 2. The highest BCUT2D eigenvalue weighted by Gasteiger charge is 2.12. The Morgan fingerprint density at radius 1 is 0.654 bits per heavy atom. The molecule has 0 bridgehead atoms. The molecule has 26 heavy (non-hydrogen) atoms. The van der Waals surface area contributed by atoms with Crippen LogP contribution in [-0.4, -0.2) is 58.8 Å². The zero-order valence-electron chi connectivity index (χ0n) is 15.6. The summed E-state index contributed by atoms with van der Waals surface area (Å²) in [5.74, 6) is -1.31. The maximum absolute atomic E-state index is 10.8. The molecule has 0 aromatic rings. The van der Waals surface area contributed by atoms with Gasteiger partial charge in [-0.05, 0) is 13.8 Å². The Morgan fingerprint density at radius 2 is 0.923 bits per heavy atom. The molecule has 1 N–H and O–H groups in total. The number of hydrogen-bond acceptors (Lipinski definition) is 6. The van der Waals surface area contributed by atoms with Gasteiger partial charge in [0.2, 0.25) is 29.5 Å². The standard InChI is InChI=1S/C7H12N2O3.C5H9NO2.C3H6O.2CH4/c1-5(10)8-4-9(6(2)11)7(3)12;1-4(7)6(3)5(2)8;1-3(2)4;;/h4H2,1-3H3,(H,8,10);1-3H3;1-2H3;2*1H4. The summed E-state index contributed by atoms with van der Waals surface area (Å²) in [6, 6.07) is 0. The van der Waals surface area contributed by atoms with Gasteiger partial charge in [-0.15, -0.1) is 0 Å². The molecule has 9 heteroatoms. The van der Waals surface area contributed by atoms with Crippen LogP contribution in [0, 0.1) is 0 Å². The normalized spacial score (nSPS) is 7.69. The van der Waals surface area contributed by atoms with Gasteiger partial charge in [-0.2, -0.15) is 0 Å². The van der Waals surface area contributed by atoms with Gasteiger partial charge in [-0.25, -0.2) is 0 Å². The second-order valence-electron chi connectivity index (χ2n) is 4.86. The van der Waals surface area contributed by atoms with Gasteiger partial charge in [0.15, 0.2) is 0 Å². The van der Waals surface area contributed by atoms with Gasteiger partial charge in [0, 0.05) is 41.7 Å². The summed E-state index contributed by atoms with van der Waals surface area (Å²) in [6.45, 7) is 9.55. The minimum Gasteiger partial charge on any atom is -0.338 e. The van der Waals surface area contributed by atoms with E-state index < -0.39 is 0 Å². The molecule has 0 aliphatic rings. The fourth-order valence-electron chi connectivity index (χ4n) is 0.857. The second kappa shape index (κ2) is 18.8. The fraction of sp³-hybridized carbons (Fsp3) is 0.647. The van der Waals surface area contributed by atoms with Gasteiger partial charge in [-0.3, -0.25) is 33.8 Å². The molecule has 0 atom stereocenters. The first kappa shape index (κ1) is 34.7. The molecule has 0 unspecified atom stereocenters. The van der Waals surface area contributed by atoms with Crippen LogP contribution in [0.4, 0.5) is 0 Å². The zero-order valence-corrected chi connectivity index (χ0v) is 15.6. The monoisotopic (exact) mass is 377 g/mol.